The Morgan fingerprint density at radius 1 is 0.862 bits per heavy atom. The maximum Gasteiger partial charge on any atom is 0.102 e. The third kappa shape index (κ3) is 3.12. The summed E-state index contributed by atoms with van der Waals surface area (Å²) >= 11 is 0. The monoisotopic (exact) mass is 378 g/mol. The molecule has 0 saturated carbocycles. The van der Waals surface area contributed by atoms with Crippen molar-refractivity contribution in [1.82, 2.24) is 0 Å². The van der Waals surface area contributed by atoms with Crippen molar-refractivity contribution in [3.63, 3.8) is 0 Å². The smallest absolute Gasteiger partial charge is 0.102 e. The van der Waals surface area contributed by atoms with E-state index in [1.807, 2.05) is 6.07 Å². The largest absolute Gasteiger partial charge is 0.370 e. The van der Waals surface area contributed by atoms with Gasteiger partial charge in [0.1, 0.15) is 6.07 Å². The highest BCUT2D eigenvalue weighted by Gasteiger charge is 2.28. The van der Waals surface area contributed by atoms with Crippen molar-refractivity contribution in [3.05, 3.63) is 77.4 Å². The second kappa shape index (κ2) is 7.41. The van der Waals surface area contributed by atoms with Gasteiger partial charge in [-0.1, -0.05) is 61.5 Å². The quantitative estimate of drug-likeness (QED) is 0.529. The van der Waals surface area contributed by atoms with Crippen molar-refractivity contribution in [2.75, 3.05) is 18.0 Å². The van der Waals surface area contributed by atoms with Gasteiger partial charge < -0.3 is 4.90 Å². The van der Waals surface area contributed by atoms with Crippen LogP contribution >= 0.6 is 0 Å². The Balaban J connectivity index is 1.78. The number of benzene rings is 3. The number of fused-ring (bicyclic) bond motifs is 3. The Kier molecular flexibility index (Phi) is 4.60. The van der Waals surface area contributed by atoms with E-state index in [2.05, 4.69) is 72.5 Å². The van der Waals surface area contributed by atoms with Crippen LogP contribution in [0.1, 0.15) is 36.5 Å². The van der Waals surface area contributed by atoms with E-state index in [4.69, 9.17) is 0 Å². The molecular formula is C27H26N2. The van der Waals surface area contributed by atoms with Crippen LogP contribution in [0.5, 0.6) is 0 Å². The summed E-state index contributed by atoms with van der Waals surface area (Å²) in [6.45, 7) is 4.43. The van der Waals surface area contributed by atoms with Crippen LogP contribution in [-0.4, -0.2) is 13.1 Å². The van der Waals surface area contributed by atoms with E-state index in [0.29, 0.717) is 0 Å². The number of anilines is 1. The van der Waals surface area contributed by atoms with Crippen LogP contribution in [0, 0.1) is 17.2 Å². The molecule has 3 aromatic carbocycles. The fourth-order valence-electron chi connectivity index (χ4n) is 5.00. The molecule has 1 aliphatic heterocycles. The maximum atomic E-state index is 10.3. The number of piperidine rings is 1. The Morgan fingerprint density at radius 3 is 2.34 bits per heavy atom. The average molecular weight is 379 g/mol. The third-order valence-corrected chi connectivity index (χ3v) is 6.65. The van der Waals surface area contributed by atoms with Crippen molar-refractivity contribution in [1.29, 1.82) is 5.26 Å². The summed E-state index contributed by atoms with van der Waals surface area (Å²) in [5.41, 5.74) is 9.68. The Hall–Kier alpha value is -3.05. The van der Waals surface area contributed by atoms with Crippen molar-refractivity contribution >= 4 is 5.69 Å². The number of nitriles is 1. The molecule has 5 rings (SSSR count). The van der Waals surface area contributed by atoms with Gasteiger partial charge in [0.2, 0.25) is 0 Å². The molecule has 0 radical (unpaired) electrons. The van der Waals surface area contributed by atoms with Gasteiger partial charge in [-0.05, 0) is 65.5 Å². The first kappa shape index (κ1) is 18.0. The molecule has 144 valence electrons. The van der Waals surface area contributed by atoms with E-state index in [1.165, 1.54) is 40.8 Å². The van der Waals surface area contributed by atoms with E-state index in [-0.39, 0.29) is 0 Å². The van der Waals surface area contributed by atoms with Gasteiger partial charge in [-0.3, -0.25) is 0 Å². The average Bonchev–Trinajstić information content (AvgIpc) is 2.79. The summed E-state index contributed by atoms with van der Waals surface area (Å²) in [6, 6.07) is 24.1. The van der Waals surface area contributed by atoms with Gasteiger partial charge in [0.15, 0.2) is 0 Å². The zero-order valence-corrected chi connectivity index (χ0v) is 17.0. The van der Waals surface area contributed by atoms with Crippen molar-refractivity contribution in [3.8, 4) is 28.3 Å². The van der Waals surface area contributed by atoms with Gasteiger partial charge in [-0.15, -0.1) is 0 Å². The number of rotatable bonds is 2. The minimum atomic E-state index is 0.769. The number of hydrogen-bond donors (Lipinski definition) is 0. The van der Waals surface area contributed by atoms with Crippen LogP contribution in [0.15, 0.2) is 60.7 Å². The molecule has 1 heterocycles. The molecule has 0 amide bonds. The molecule has 0 aromatic heterocycles. The minimum Gasteiger partial charge on any atom is -0.370 e. The molecule has 2 aliphatic rings. The first-order valence-corrected chi connectivity index (χ1v) is 10.7. The van der Waals surface area contributed by atoms with E-state index < -0.39 is 0 Å². The van der Waals surface area contributed by atoms with Crippen molar-refractivity contribution < 1.29 is 0 Å². The first-order chi connectivity index (χ1) is 14.3. The van der Waals surface area contributed by atoms with Crippen LogP contribution in [0.4, 0.5) is 5.69 Å². The highest BCUT2D eigenvalue weighted by molar-refractivity contribution is 5.90. The molecule has 0 bridgehead atoms. The van der Waals surface area contributed by atoms with Gasteiger partial charge in [0.25, 0.3) is 0 Å². The van der Waals surface area contributed by atoms with Crippen molar-refractivity contribution in [2.24, 2.45) is 5.92 Å². The standard InChI is InChI=1S/C27H26N2/c1-19-13-15-29(16-14-19)27-23-12-11-21-9-5-6-10-22(21)25(23)17-24(26(27)18-28)20-7-3-2-4-8-20/h2-10,17,19H,11-16H2,1H3. The van der Waals surface area contributed by atoms with Gasteiger partial charge in [-0.25, -0.2) is 0 Å². The molecule has 3 aromatic rings. The summed E-state index contributed by atoms with van der Waals surface area (Å²) in [5.74, 6) is 0.769. The number of hydrogen-bond acceptors (Lipinski definition) is 2. The molecule has 0 atom stereocenters. The zero-order valence-electron chi connectivity index (χ0n) is 17.0. The van der Waals surface area contributed by atoms with E-state index >= 15 is 0 Å². The molecule has 0 unspecified atom stereocenters. The highest BCUT2D eigenvalue weighted by Crippen LogP contribution is 2.45. The fourth-order valence-corrected chi connectivity index (χ4v) is 5.00. The topological polar surface area (TPSA) is 27.0 Å². The molecule has 2 nitrogen and oxygen atoms in total. The Morgan fingerprint density at radius 2 is 1.59 bits per heavy atom. The van der Waals surface area contributed by atoms with Crippen molar-refractivity contribution in [2.45, 2.75) is 32.6 Å². The SMILES string of the molecule is CC1CCN(c2c(C#N)c(-c3ccccc3)cc3c2CCc2ccccc2-3)CC1. The molecule has 2 heteroatoms. The normalized spacial score (nSPS) is 16.1. The Labute approximate surface area is 173 Å². The minimum absolute atomic E-state index is 0.769. The molecule has 1 fully saturated rings. The second-order valence-electron chi connectivity index (χ2n) is 8.48. The molecule has 0 N–H and O–H groups in total. The highest BCUT2D eigenvalue weighted by atomic mass is 15.1. The summed E-state index contributed by atoms with van der Waals surface area (Å²) < 4.78 is 0. The first-order valence-electron chi connectivity index (χ1n) is 10.7. The van der Waals surface area contributed by atoms with E-state index in [1.54, 1.807) is 0 Å². The number of nitrogens with zero attached hydrogens (tertiary/aromatic N) is 2. The lowest BCUT2D eigenvalue weighted by Gasteiger charge is -2.36. The Bertz CT molecular complexity index is 1080. The number of aryl methyl sites for hydroxylation is 1. The van der Waals surface area contributed by atoms with Crippen LogP contribution in [-0.2, 0) is 12.8 Å². The predicted molar refractivity (Wildman–Crippen MR) is 120 cm³/mol. The summed E-state index contributed by atoms with van der Waals surface area (Å²) in [6.07, 6.45) is 4.46. The predicted octanol–water partition coefficient (Wildman–Crippen LogP) is 6.23. The lowest BCUT2D eigenvalue weighted by Crippen LogP contribution is -2.34. The van der Waals surface area contributed by atoms with Crippen LogP contribution in [0.25, 0.3) is 22.3 Å². The zero-order chi connectivity index (χ0) is 19.8. The van der Waals surface area contributed by atoms with Gasteiger partial charge in [0.05, 0.1) is 11.3 Å². The van der Waals surface area contributed by atoms with Crippen LogP contribution < -0.4 is 4.90 Å². The van der Waals surface area contributed by atoms with Crippen LogP contribution in [0.2, 0.25) is 0 Å². The molecule has 1 aliphatic carbocycles. The molecule has 29 heavy (non-hydrogen) atoms. The fraction of sp³-hybridized carbons (Fsp3) is 0.296. The lowest BCUT2D eigenvalue weighted by atomic mass is 9.80. The summed E-state index contributed by atoms with van der Waals surface area (Å²) in [4.78, 5) is 2.50. The third-order valence-electron chi connectivity index (χ3n) is 6.65. The van der Waals surface area contributed by atoms with Gasteiger partial charge in [0, 0.05) is 18.7 Å². The van der Waals surface area contributed by atoms with Gasteiger partial charge in [-0.2, -0.15) is 5.26 Å². The summed E-state index contributed by atoms with van der Waals surface area (Å²) in [5, 5.41) is 10.3. The second-order valence-corrected chi connectivity index (χ2v) is 8.48. The van der Waals surface area contributed by atoms with Gasteiger partial charge >= 0.3 is 0 Å². The summed E-state index contributed by atoms with van der Waals surface area (Å²) in [7, 11) is 0. The van der Waals surface area contributed by atoms with E-state index in [0.717, 1.165) is 48.5 Å². The van der Waals surface area contributed by atoms with E-state index in [9.17, 15) is 5.26 Å². The van der Waals surface area contributed by atoms with Crippen LogP contribution in [0.3, 0.4) is 0 Å². The maximum absolute atomic E-state index is 10.3. The molecule has 0 spiro atoms. The molecular weight excluding hydrogens is 352 g/mol. The lowest BCUT2D eigenvalue weighted by molar-refractivity contribution is 0.438. The molecule has 1 saturated heterocycles.